The SMILES string of the molecule is CC(C)(C)Cc1ncc2nc(Nc3ccc(Cl)c(Cl)c3)n(C3CCNC3)c2n1. The van der Waals surface area contributed by atoms with Crippen LogP contribution in [0.15, 0.2) is 24.4 Å². The van der Waals surface area contributed by atoms with E-state index in [2.05, 4.69) is 41.0 Å². The van der Waals surface area contributed by atoms with Gasteiger partial charge in [0.05, 0.1) is 22.3 Å². The Morgan fingerprint density at radius 3 is 2.71 bits per heavy atom. The summed E-state index contributed by atoms with van der Waals surface area (Å²) in [6.45, 7) is 8.44. The van der Waals surface area contributed by atoms with Crippen molar-refractivity contribution in [2.45, 2.75) is 39.7 Å². The number of halogens is 2. The maximum absolute atomic E-state index is 6.18. The highest BCUT2D eigenvalue weighted by molar-refractivity contribution is 6.42. The molecule has 1 unspecified atom stereocenters. The van der Waals surface area contributed by atoms with Gasteiger partial charge < -0.3 is 10.6 Å². The Morgan fingerprint density at radius 2 is 2.04 bits per heavy atom. The van der Waals surface area contributed by atoms with Gasteiger partial charge in [-0.25, -0.2) is 15.0 Å². The summed E-state index contributed by atoms with van der Waals surface area (Å²) in [5.74, 6) is 1.58. The maximum Gasteiger partial charge on any atom is 0.210 e. The number of fused-ring (bicyclic) bond motifs is 1. The van der Waals surface area contributed by atoms with Crippen molar-refractivity contribution in [1.82, 2.24) is 24.8 Å². The summed E-state index contributed by atoms with van der Waals surface area (Å²) in [4.78, 5) is 14.2. The summed E-state index contributed by atoms with van der Waals surface area (Å²) >= 11 is 12.2. The van der Waals surface area contributed by atoms with Crippen molar-refractivity contribution in [3.05, 3.63) is 40.3 Å². The van der Waals surface area contributed by atoms with Crippen LogP contribution in [-0.4, -0.2) is 32.6 Å². The van der Waals surface area contributed by atoms with Crippen LogP contribution >= 0.6 is 23.2 Å². The smallest absolute Gasteiger partial charge is 0.210 e. The second-order valence-electron chi connectivity index (χ2n) is 8.44. The number of nitrogens with zero attached hydrogens (tertiary/aromatic N) is 4. The first-order valence-corrected chi connectivity index (χ1v) is 10.2. The van der Waals surface area contributed by atoms with E-state index in [0.717, 1.165) is 54.6 Å². The number of benzene rings is 1. The molecule has 0 saturated carbocycles. The molecule has 1 saturated heterocycles. The van der Waals surface area contributed by atoms with E-state index in [1.165, 1.54) is 0 Å². The molecule has 8 heteroatoms. The molecule has 0 aliphatic carbocycles. The number of rotatable bonds is 4. The van der Waals surface area contributed by atoms with Crippen LogP contribution in [0.3, 0.4) is 0 Å². The molecule has 148 valence electrons. The second kappa shape index (κ2) is 7.50. The van der Waals surface area contributed by atoms with Crippen LogP contribution in [0.4, 0.5) is 11.6 Å². The molecule has 2 aromatic heterocycles. The van der Waals surface area contributed by atoms with Gasteiger partial charge in [-0.2, -0.15) is 0 Å². The fourth-order valence-corrected chi connectivity index (χ4v) is 3.78. The number of hydrogen-bond acceptors (Lipinski definition) is 5. The molecule has 0 radical (unpaired) electrons. The molecular weight excluding hydrogens is 395 g/mol. The highest BCUT2D eigenvalue weighted by atomic mass is 35.5. The Kier molecular flexibility index (Phi) is 5.21. The van der Waals surface area contributed by atoms with Gasteiger partial charge in [0.15, 0.2) is 5.65 Å². The minimum absolute atomic E-state index is 0.120. The third kappa shape index (κ3) is 4.09. The fraction of sp³-hybridized carbons (Fsp3) is 0.450. The zero-order chi connectivity index (χ0) is 19.9. The first-order valence-electron chi connectivity index (χ1n) is 9.47. The molecule has 1 aliphatic rings. The number of hydrogen-bond donors (Lipinski definition) is 2. The first kappa shape index (κ1) is 19.4. The van der Waals surface area contributed by atoms with Crippen molar-refractivity contribution in [3.63, 3.8) is 0 Å². The van der Waals surface area contributed by atoms with Gasteiger partial charge in [-0.3, -0.25) is 4.57 Å². The zero-order valence-electron chi connectivity index (χ0n) is 16.3. The molecule has 6 nitrogen and oxygen atoms in total. The molecule has 0 spiro atoms. The van der Waals surface area contributed by atoms with Gasteiger partial charge in [-0.15, -0.1) is 0 Å². The molecule has 4 rings (SSSR count). The highest BCUT2D eigenvalue weighted by Gasteiger charge is 2.24. The summed E-state index contributed by atoms with van der Waals surface area (Å²) in [7, 11) is 0. The topological polar surface area (TPSA) is 67.7 Å². The molecular formula is C20H24Cl2N6. The van der Waals surface area contributed by atoms with Crippen LogP contribution in [-0.2, 0) is 6.42 Å². The van der Waals surface area contributed by atoms with Gasteiger partial charge in [0.2, 0.25) is 5.95 Å². The standard InChI is InChI=1S/C20H24Cl2N6/c1-20(2,3)9-17-24-11-16-18(27-17)28(13-6-7-23-10-13)19(26-16)25-12-4-5-14(21)15(22)8-12/h4-5,8,11,13,23H,6-7,9-10H2,1-3H3,(H,25,26). The average molecular weight is 419 g/mol. The normalized spacial score (nSPS) is 17.4. The van der Waals surface area contributed by atoms with Crippen LogP contribution in [0, 0.1) is 5.41 Å². The third-order valence-electron chi connectivity index (χ3n) is 4.75. The van der Waals surface area contributed by atoms with Crippen LogP contribution in [0.1, 0.15) is 39.1 Å². The average Bonchev–Trinajstić information content (AvgIpc) is 3.23. The minimum atomic E-state index is 0.120. The van der Waals surface area contributed by atoms with Crippen molar-refractivity contribution in [2.24, 2.45) is 5.41 Å². The Bertz CT molecular complexity index is 1000. The number of imidazole rings is 1. The molecule has 0 bridgehead atoms. The fourth-order valence-electron chi connectivity index (χ4n) is 3.48. The lowest BCUT2D eigenvalue weighted by molar-refractivity contribution is 0.401. The van der Waals surface area contributed by atoms with Crippen LogP contribution in [0.5, 0.6) is 0 Å². The monoisotopic (exact) mass is 418 g/mol. The summed E-state index contributed by atoms with van der Waals surface area (Å²) in [5.41, 5.74) is 2.60. The molecule has 1 fully saturated rings. The predicted molar refractivity (Wildman–Crippen MR) is 115 cm³/mol. The second-order valence-corrected chi connectivity index (χ2v) is 9.25. The maximum atomic E-state index is 6.18. The van der Waals surface area contributed by atoms with Crippen molar-refractivity contribution in [2.75, 3.05) is 18.4 Å². The van der Waals surface area contributed by atoms with Gasteiger partial charge in [-0.1, -0.05) is 44.0 Å². The number of anilines is 2. The number of nitrogens with one attached hydrogen (secondary N) is 2. The minimum Gasteiger partial charge on any atom is -0.325 e. The van der Waals surface area contributed by atoms with E-state index >= 15 is 0 Å². The third-order valence-corrected chi connectivity index (χ3v) is 5.49. The van der Waals surface area contributed by atoms with E-state index in [-0.39, 0.29) is 11.5 Å². The van der Waals surface area contributed by atoms with Crippen molar-refractivity contribution in [1.29, 1.82) is 0 Å². The van der Waals surface area contributed by atoms with E-state index < -0.39 is 0 Å². The molecule has 1 atom stereocenters. The Balaban J connectivity index is 1.78. The van der Waals surface area contributed by atoms with E-state index in [1.807, 2.05) is 12.3 Å². The van der Waals surface area contributed by atoms with E-state index in [0.29, 0.717) is 10.0 Å². The van der Waals surface area contributed by atoms with Gasteiger partial charge in [-0.05, 0) is 36.6 Å². The molecule has 1 aromatic carbocycles. The Labute approximate surface area is 174 Å². The molecule has 2 N–H and O–H groups in total. The summed E-state index contributed by atoms with van der Waals surface area (Å²) in [5, 5.41) is 7.85. The first-order chi connectivity index (χ1) is 13.3. The molecule has 3 aromatic rings. The van der Waals surface area contributed by atoms with Crippen LogP contribution < -0.4 is 10.6 Å². The quantitative estimate of drug-likeness (QED) is 0.623. The summed E-state index contributed by atoms with van der Waals surface area (Å²) < 4.78 is 2.19. The zero-order valence-corrected chi connectivity index (χ0v) is 17.8. The lowest BCUT2D eigenvalue weighted by Gasteiger charge is -2.18. The predicted octanol–water partition coefficient (Wildman–Crippen LogP) is 5.00. The molecule has 28 heavy (non-hydrogen) atoms. The molecule has 0 amide bonds. The lowest BCUT2D eigenvalue weighted by Crippen LogP contribution is -2.16. The van der Waals surface area contributed by atoms with Crippen molar-refractivity contribution < 1.29 is 0 Å². The van der Waals surface area contributed by atoms with Crippen molar-refractivity contribution in [3.8, 4) is 0 Å². The van der Waals surface area contributed by atoms with Crippen molar-refractivity contribution >= 4 is 46.0 Å². The molecule has 1 aliphatic heterocycles. The van der Waals surface area contributed by atoms with E-state index in [9.17, 15) is 0 Å². The van der Waals surface area contributed by atoms with E-state index in [4.69, 9.17) is 33.2 Å². The van der Waals surface area contributed by atoms with Gasteiger partial charge >= 0.3 is 0 Å². The molecule has 3 heterocycles. The Hall–Kier alpha value is -1.89. The lowest BCUT2D eigenvalue weighted by atomic mass is 9.92. The van der Waals surface area contributed by atoms with Crippen LogP contribution in [0.25, 0.3) is 11.2 Å². The number of aromatic nitrogens is 4. The summed E-state index contributed by atoms with van der Waals surface area (Å²) in [6.07, 6.45) is 3.66. The van der Waals surface area contributed by atoms with Gasteiger partial charge in [0.25, 0.3) is 0 Å². The van der Waals surface area contributed by atoms with Gasteiger partial charge in [0, 0.05) is 18.7 Å². The van der Waals surface area contributed by atoms with E-state index in [1.54, 1.807) is 12.1 Å². The summed E-state index contributed by atoms with van der Waals surface area (Å²) in [6, 6.07) is 5.75. The Morgan fingerprint density at radius 1 is 1.21 bits per heavy atom. The largest absolute Gasteiger partial charge is 0.325 e. The highest BCUT2D eigenvalue weighted by Crippen LogP contribution is 2.31. The van der Waals surface area contributed by atoms with Crippen LogP contribution in [0.2, 0.25) is 10.0 Å². The van der Waals surface area contributed by atoms with Gasteiger partial charge in [0.1, 0.15) is 11.3 Å².